The Kier molecular flexibility index (Phi) is 3.06. The number of benzene rings is 1. The third-order valence-corrected chi connectivity index (χ3v) is 3.22. The summed E-state index contributed by atoms with van der Waals surface area (Å²) < 4.78 is 5.29. The van der Waals surface area contributed by atoms with Gasteiger partial charge in [-0.25, -0.2) is 0 Å². The van der Waals surface area contributed by atoms with Gasteiger partial charge in [0.25, 0.3) is 0 Å². The number of phenols is 1. The minimum atomic E-state index is 0.241. The second kappa shape index (κ2) is 4.34. The fraction of sp³-hybridized carbons (Fsp3) is 0.538. The van der Waals surface area contributed by atoms with Crippen LogP contribution >= 0.6 is 0 Å². The van der Waals surface area contributed by atoms with Gasteiger partial charge in [0, 0.05) is 11.6 Å². The largest absolute Gasteiger partial charge is 0.504 e. The van der Waals surface area contributed by atoms with E-state index in [2.05, 4.69) is 19.2 Å². The van der Waals surface area contributed by atoms with Crippen LogP contribution < -0.4 is 10.1 Å². The van der Waals surface area contributed by atoms with Gasteiger partial charge in [0.05, 0.1) is 7.11 Å². The van der Waals surface area contributed by atoms with E-state index < -0.39 is 0 Å². The summed E-state index contributed by atoms with van der Waals surface area (Å²) in [5.74, 6) is 1.42. The van der Waals surface area contributed by atoms with E-state index in [1.165, 1.54) is 5.56 Å². The lowest BCUT2D eigenvalue weighted by molar-refractivity contribution is 0.352. The minimum Gasteiger partial charge on any atom is -0.504 e. The third-order valence-electron chi connectivity index (χ3n) is 3.22. The first-order chi connectivity index (χ1) is 7.65. The molecule has 3 nitrogen and oxygen atoms in total. The summed E-state index contributed by atoms with van der Waals surface area (Å²) >= 11 is 0. The smallest absolute Gasteiger partial charge is 0.164 e. The summed E-state index contributed by atoms with van der Waals surface area (Å²) in [7, 11) is 1.61. The van der Waals surface area contributed by atoms with E-state index in [1.807, 2.05) is 6.07 Å². The van der Waals surface area contributed by atoms with E-state index in [4.69, 9.17) is 4.74 Å². The quantitative estimate of drug-likeness (QED) is 0.804. The molecule has 0 bridgehead atoms. The zero-order valence-corrected chi connectivity index (χ0v) is 10.1. The first-order valence-electron chi connectivity index (χ1n) is 5.77. The van der Waals surface area contributed by atoms with Crippen molar-refractivity contribution in [3.8, 4) is 11.5 Å². The summed E-state index contributed by atoms with van der Waals surface area (Å²) in [4.78, 5) is 0. The molecule has 1 aliphatic heterocycles. The molecule has 2 N–H and O–H groups in total. The van der Waals surface area contributed by atoms with Crippen LogP contribution in [0.1, 0.15) is 31.0 Å². The molecule has 0 aliphatic carbocycles. The topological polar surface area (TPSA) is 41.5 Å². The Hall–Kier alpha value is -1.22. The first kappa shape index (κ1) is 11.3. The van der Waals surface area contributed by atoms with Gasteiger partial charge in [-0.2, -0.15) is 0 Å². The molecule has 1 aromatic carbocycles. The standard InChI is InChI=1S/C13H19NO2/c1-8(2)12-9-4-5-11(15)13(16-3)10(9)6-7-14-12/h4-5,8,12,14-15H,6-7H2,1-3H3. The summed E-state index contributed by atoms with van der Waals surface area (Å²) in [5.41, 5.74) is 2.41. The fourth-order valence-electron chi connectivity index (χ4n) is 2.47. The molecule has 0 radical (unpaired) electrons. The van der Waals surface area contributed by atoms with E-state index in [0.29, 0.717) is 17.7 Å². The second-order valence-electron chi connectivity index (χ2n) is 4.61. The van der Waals surface area contributed by atoms with Crippen molar-refractivity contribution < 1.29 is 9.84 Å². The highest BCUT2D eigenvalue weighted by molar-refractivity contribution is 5.52. The molecule has 1 unspecified atom stereocenters. The van der Waals surface area contributed by atoms with Crippen LogP contribution in [-0.2, 0) is 6.42 Å². The van der Waals surface area contributed by atoms with Crippen molar-refractivity contribution in [2.75, 3.05) is 13.7 Å². The molecule has 88 valence electrons. The lowest BCUT2D eigenvalue weighted by atomic mass is 9.87. The van der Waals surface area contributed by atoms with Gasteiger partial charge in [-0.1, -0.05) is 19.9 Å². The summed E-state index contributed by atoms with van der Waals surface area (Å²) in [6.45, 7) is 5.34. The summed E-state index contributed by atoms with van der Waals surface area (Å²) in [5, 5.41) is 13.3. The highest BCUT2D eigenvalue weighted by Crippen LogP contribution is 2.39. The van der Waals surface area contributed by atoms with Crippen LogP contribution in [0.15, 0.2) is 12.1 Å². The zero-order valence-electron chi connectivity index (χ0n) is 10.1. The average Bonchev–Trinajstić information content (AvgIpc) is 2.27. The molecule has 1 heterocycles. The predicted octanol–water partition coefficient (Wildman–Crippen LogP) is 2.24. The molecule has 2 rings (SSSR count). The highest BCUT2D eigenvalue weighted by atomic mass is 16.5. The molecule has 0 spiro atoms. The number of hydrogen-bond donors (Lipinski definition) is 2. The Balaban J connectivity index is 2.50. The van der Waals surface area contributed by atoms with Crippen LogP contribution in [0.3, 0.4) is 0 Å². The monoisotopic (exact) mass is 221 g/mol. The van der Waals surface area contributed by atoms with E-state index in [9.17, 15) is 5.11 Å². The van der Waals surface area contributed by atoms with E-state index in [1.54, 1.807) is 13.2 Å². The first-order valence-corrected chi connectivity index (χ1v) is 5.77. The van der Waals surface area contributed by atoms with Crippen LogP contribution in [0, 0.1) is 5.92 Å². The third kappa shape index (κ3) is 1.76. The number of ether oxygens (including phenoxy) is 1. The van der Waals surface area contributed by atoms with Crippen LogP contribution in [0.4, 0.5) is 0 Å². The number of nitrogens with one attached hydrogen (secondary N) is 1. The van der Waals surface area contributed by atoms with Gasteiger partial charge < -0.3 is 15.2 Å². The van der Waals surface area contributed by atoms with Gasteiger partial charge in [0.15, 0.2) is 11.5 Å². The maximum atomic E-state index is 9.75. The number of rotatable bonds is 2. The van der Waals surface area contributed by atoms with Crippen molar-refractivity contribution >= 4 is 0 Å². The Labute approximate surface area is 96.4 Å². The van der Waals surface area contributed by atoms with E-state index >= 15 is 0 Å². The molecular formula is C13H19NO2. The molecule has 0 amide bonds. The van der Waals surface area contributed by atoms with Gasteiger partial charge in [0.2, 0.25) is 0 Å². The molecule has 1 aromatic rings. The number of fused-ring (bicyclic) bond motifs is 1. The molecule has 0 saturated heterocycles. The number of hydrogen-bond acceptors (Lipinski definition) is 3. The van der Waals surface area contributed by atoms with Gasteiger partial charge >= 0.3 is 0 Å². The van der Waals surface area contributed by atoms with Crippen molar-refractivity contribution in [3.63, 3.8) is 0 Å². The maximum Gasteiger partial charge on any atom is 0.164 e. The molecule has 0 saturated carbocycles. The predicted molar refractivity (Wildman–Crippen MR) is 63.9 cm³/mol. The van der Waals surface area contributed by atoms with Crippen molar-refractivity contribution in [2.24, 2.45) is 5.92 Å². The molecule has 0 fully saturated rings. The summed E-state index contributed by atoms with van der Waals surface area (Å²) in [6, 6.07) is 4.09. The van der Waals surface area contributed by atoms with Crippen molar-refractivity contribution in [3.05, 3.63) is 23.3 Å². The van der Waals surface area contributed by atoms with Gasteiger partial charge in [-0.15, -0.1) is 0 Å². The SMILES string of the molecule is COc1c(O)ccc2c1CCNC2C(C)C. The van der Waals surface area contributed by atoms with Gasteiger partial charge in [-0.3, -0.25) is 0 Å². The van der Waals surface area contributed by atoms with Crippen LogP contribution in [0.5, 0.6) is 11.5 Å². The zero-order chi connectivity index (χ0) is 11.7. The van der Waals surface area contributed by atoms with Gasteiger partial charge in [0.1, 0.15) is 0 Å². The average molecular weight is 221 g/mol. The molecule has 0 aromatic heterocycles. The minimum absolute atomic E-state index is 0.241. The van der Waals surface area contributed by atoms with E-state index in [0.717, 1.165) is 18.5 Å². The Bertz CT molecular complexity index is 388. The lowest BCUT2D eigenvalue weighted by Gasteiger charge is -2.31. The van der Waals surface area contributed by atoms with Crippen molar-refractivity contribution in [1.29, 1.82) is 0 Å². The molecule has 16 heavy (non-hydrogen) atoms. The molecule has 1 aliphatic rings. The van der Waals surface area contributed by atoms with Crippen molar-refractivity contribution in [2.45, 2.75) is 26.3 Å². The number of methoxy groups -OCH3 is 1. The Morgan fingerprint density at radius 2 is 2.19 bits per heavy atom. The van der Waals surface area contributed by atoms with Crippen molar-refractivity contribution in [1.82, 2.24) is 5.32 Å². The Morgan fingerprint density at radius 3 is 2.81 bits per heavy atom. The molecule has 3 heteroatoms. The number of aromatic hydroxyl groups is 1. The Morgan fingerprint density at radius 1 is 1.44 bits per heavy atom. The highest BCUT2D eigenvalue weighted by Gasteiger charge is 2.25. The summed E-state index contributed by atoms with van der Waals surface area (Å²) in [6.07, 6.45) is 0.913. The van der Waals surface area contributed by atoms with E-state index in [-0.39, 0.29) is 5.75 Å². The lowest BCUT2D eigenvalue weighted by Crippen LogP contribution is -2.33. The molecule has 1 atom stereocenters. The normalized spacial score (nSPS) is 19.6. The van der Waals surface area contributed by atoms with Gasteiger partial charge in [-0.05, 0) is 30.5 Å². The van der Waals surface area contributed by atoms with Crippen LogP contribution in [0.2, 0.25) is 0 Å². The fourth-order valence-corrected chi connectivity index (χ4v) is 2.47. The van der Waals surface area contributed by atoms with Crippen LogP contribution in [-0.4, -0.2) is 18.8 Å². The number of phenolic OH excluding ortho intramolecular Hbond substituents is 1. The molecular weight excluding hydrogens is 202 g/mol. The second-order valence-corrected chi connectivity index (χ2v) is 4.61. The van der Waals surface area contributed by atoms with Crippen LogP contribution in [0.25, 0.3) is 0 Å². The maximum absolute atomic E-state index is 9.75.